The quantitative estimate of drug-likeness (QED) is 0.812. The van der Waals surface area contributed by atoms with Gasteiger partial charge in [-0.15, -0.1) is 11.8 Å². The second kappa shape index (κ2) is 7.38. The van der Waals surface area contributed by atoms with Crippen LogP contribution in [0.5, 0.6) is 5.75 Å². The zero-order valence-corrected chi connectivity index (χ0v) is 13.0. The molecule has 2 rings (SSSR count). The molecule has 3 nitrogen and oxygen atoms in total. The number of rotatable bonds is 6. The van der Waals surface area contributed by atoms with Crippen molar-refractivity contribution >= 4 is 29.3 Å². The molecular weight excluding hydrogens is 308 g/mol. The van der Waals surface area contributed by atoms with Gasteiger partial charge in [-0.2, -0.15) is 0 Å². The molecule has 5 heteroatoms. The first-order chi connectivity index (χ1) is 10.1. The zero-order chi connectivity index (χ0) is 15.2. The van der Waals surface area contributed by atoms with Crippen molar-refractivity contribution in [3.8, 4) is 5.75 Å². The number of hydrogen-bond donors (Lipinski definition) is 1. The number of benzene rings is 2. The monoisotopic (exact) mass is 322 g/mol. The van der Waals surface area contributed by atoms with Gasteiger partial charge in [0.2, 0.25) is 0 Å². The molecule has 0 amide bonds. The van der Waals surface area contributed by atoms with Gasteiger partial charge in [0.25, 0.3) is 0 Å². The van der Waals surface area contributed by atoms with Gasteiger partial charge in [-0.25, -0.2) is 0 Å². The summed E-state index contributed by atoms with van der Waals surface area (Å²) in [6.45, 7) is 0. The maximum absolute atomic E-state index is 11.5. The largest absolute Gasteiger partial charge is 0.497 e. The van der Waals surface area contributed by atoms with Crippen molar-refractivity contribution in [2.75, 3.05) is 7.11 Å². The highest BCUT2D eigenvalue weighted by Gasteiger charge is 2.19. The third kappa shape index (κ3) is 4.69. The number of ether oxygens (including phenoxy) is 1. The average Bonchev–Trinajstić information content (AvgIpc) is 2.49. The van der Waals surface area contributed by atoms with Gasteiger partial charge in [0.05, 0.1) is 7.11 Å². The molecule has 0 aliphatic rings. The standard InChI is InChI=1S/C16H15ClO3S/c1-20-13-4-2-3-11(9-13)10-15(16(18)19)21-14-7-5-12(17)6-8-14/h2-9,15H,10H2,1H3,(H,18,19). The lowest BCUT2D eigenvalue weighted by molar-refractivity contribution is -0.136. The minimum atomic E-state index is -0.835. The van der Waals surface area contributed by atoms with E-state index in [1.807, 2.05) is 36.4 Å². The van der Waals surface area contributed by atoms with E-state index < -0.39 is 11.2 Å². The maximum atomic E-state index is 11.5. The van der Waals surface area contributed by atoms with Crippen LogP contribution in [0.1, 0.15) is 5.56 Å². The number of methoxy groups -OCH3 is 1. The Morgan fingerprint density at radius 3 is 2.62 bits per heavy atom. The van der Waals surface area contributed by atoms with E-state index in [9.17, 15) is 9.90 Å². The fraction of sp³-hybridized carbons (Fsp3) is 0.188. The van der Waals surface area contributed by atoms with Crippen LogP contribution in [0.4, 0.5) is 0 Å². The summed E-state index contributed by atoms with van der Waals surface area (Å²) < 4.78 is 5.16. The molecule has 21 heavy (non-hydrogen) atoms. The lowest BCUT2D eigenvalue weighted by atomic mass is 10.1. The fourth-order valence-electron chi connectivity index (χ4n) is 1.87. The highest BCUT2D eigenvalue weighted by atomic mass is 35.5. The Hall–Kier alpha value is -1.65. The first kappa shape index (κ1) is 15.7. The van der Waals surface area contributed by atoms with Gasteiger partial charge in [0.15, 0.2) is 0 Å². The Morgan fingerprint density at radius 2 is 2.00 bits per heavy atom. The molecule has 2 aromatic rings. The molecule has 0 heterocycles. The summed E-state index contributed by atoms with van der Waals surface area (Å²) in [7, 11) is 1.59. The first-order valence-electron chi connectivity index (χ1n) is 6.36. The molecule has 0 saturated heterocycles. The third-order valence-electron chi connectivity index (χ3n) is 2.92. The van der Waals surface area contributed by atoms with Gasteiger partial charge in [-0.3, -0.25) is 4.79 Å². The minimum absolute atomic E-state index is 0.430. The smallest absolute Gasteiger partial charge is 0.317 e. The molecular formula is C16H15ClO3S. The van der Waals surface area contributed by atoms with Gasteiger partial charge < -0.3 is 9.84 Å². The van der Waals surface area contributed by atoms with Crippen LogP contribution in [0.3, 0.4) is 0 Å². The van der Waals surface area contributed by atoms with Crippen molar-refractivity contribution in [2.45, 2.75) is 16.6 Å². The number of thioether (sulfide) groups is 1. The molecule has 1 atom stereocenters. The number of carboxylic acid groups (broad SMARTS) is 1. The topological polar surface area (TPSA) is 46.5 Å². The highest BCUT2D eigenvalue weighted by Crippen LogP contribution is 2.28. The SMILES string of the molecule is COc1cccc(CC(Sc2ccc(Cl)cc2)C(=O)O)c1. The van der Waals surface area contributed by atoms with E-state index in [4.69, 9.17) is 16.3 Å². The molecule has 0 saturated carbocycles. The van der Waals surface area contributed by atoms with Crippen molar-refractivity contribution in [1.82, 2.24) is 0 Å². The lowest BCUT2D eigenvalue weighted by Gasteiger charge is -2.13. The molecule has 0 fully saturated rings. The van der Waals surface area contributed by atoms with Crippen LogP contribution in [-0.4, -0.2) is 23.4 Å². The molecule has 110 valence electrons. The number of carboxylic acids is 1. The molecule has 0 aliphatic heterocycles. The van der Waals surface area contributed by atoms with E-state index in [-0.39, 0.29) is 0 Å². The average molecular weight is 323 g/mol. The molecule has 1 unspecified atom stereocenters. The van der Waals surface area contributed by atoms with E-state index >= 15 is 0 Å². The van der Waals surface area contributed by atoms with Crippen LogP contribution in [0.25, 0.3) is 0 Å². The summed E-state index contributed by atoms with van der Waals surface area (Å²) in [5, 5.41) is 9.48. The summed E-state index contributed by atoms with van der Waals surface area (Å²) in [6, 6.07) is 14.6. The number of hydrogen-bond acceptors (Lipinski definition) is 3. The third-order valence-corrected chi connectivity index (χ3v) is 4.37. The van der Waals surface area contributed by atoms with Crippen LogP contribution in [0.15, 0.2) is 53.4 Å². The lowest BCUT2D eigenvalue weighted by Crippen LogP contribution is -2.19. The first-order valence-corrected chi connectivity index (χ1v) is 7.62. The van der Waals surface area contributed by atoms with Crippen molar-refractivity contribution in [3.63, 3.8) is 0 Å². The van der Waals surface area contributed by atoms with Gasteiger partial charge in [-0.1, -0.05) is 23.7 Å². The fourth-order valence-corrected chi connectivity index (χ4v) is 2.99. The van der Waals surface area contributed by atoms with Crippen molar-refractivity contribution in [2.24, 2.45) is 0 Å². The normalized spacial score (nSPS) is 11.9. The molecule has 0 bridgehead atoms. The van der Waals surface area contributed by atoms with E-state index in [2.05, 4.69) is 0 Å². The molecule has 0 spiro atoms. The van der Waals surface area contributed by atoms with Crippen molar-refractivity contribution in [3.05, 3.63) is 59.1 Å². The maximum Gasteiger partial charge on any atom is 0.317 e. The molecule has 0 aromatic heterocycles. The molecule has 0 radical (unpaired) electrons. The number of carbonyl (C=O) groups is 1. The minimum Gasteiger partial charge on any atom is -0.497 e. The Morgan fingerprint density at radius 1 is 1.29 bits per heavy atom. The number of aliphatic carboxylic acids is 1. The van der Waals surface area contributed by atoms with Gasteiger partial charge in [0.1, 0.15) is 11.0 Å². The Bertz CT molecular complexity index is 613. The van der Waals surface area contributed by atoms with Crippen LogP contribution in [0.2, 0.25) is 5.02 Å². The van der Waals surface area contributed by atoms with E-state index in [1.165, 1.54) is 11.8 Å². The summed E-state index contributed by atoms with van der Waals surface area (Å²) in [5.74, 6) is -0.106. The van der Waals surface area contributed by atoms with Gasteiger partial charge in [-0.05, 0) is 48.4 Å². The summed E-state index contributed by atoms with van der Waals surface area (Å²) in [5.41, 5.74) is 0.934. The molecule has 0 aliphatic carbocycles. The van der Waals surface area contributed by atoms with Gasteiger partial charge >= 0.3 is 5.97 Å². The van der Waals surface area contributed by atoms with Crippen LogP contribution in [-0.2, 0) is 11.2 Å². The predicted molar refractivity (Wildman–Crippen MR) is 85.4 cm³/mol. The molecule has 1 N–H and O–H groups in total. The van der Waals surface area contributed by atoms with Crippen LogP contribution in [0, 0.1) is 0 Å². The highest BCUT2D eigenvalue weighted by molar-refractivity contribution is 8.00. The van der Waals surface area contributed by atoms with E-state index in [1.54, 1.807) is 19.2 Å². The van der Waals surface area contributed by atoms with E-state index in [0.717, 1.165) is 16.2 Å². The summed E-state index contributed by atoms with van der Waals surface area (Å²) in [4.78, 5) is 12.3. The van der Waals surface area contributed by atoms with Crippen LogP contribution < -0.4 is 4.74 Å². The Labute approximate surface area is 132 Å². The van der Waals surface area contributed by atoms with E-state index in [0.29, 0.717) is 11.4 Å². The predicted octanol–water partition coefficient (Wildman–Crippen LogP) is 4.14. The van der Waals surface area contributed by atoms with Crippen molar-refractivity contribution < 1.29 is 14.6 Å². The number of halogens is 1. The van der Waals surface area contributed by atoms with Gasteiger partial charge in [0, 0.05) is 9.92 Å². The zero-order valence-electron chi connectivity index (χ0n) is 11.5. The van der Waals surface area contributed by atoms with Crippen LogP contribution >= 0.6 is 23.4 Å². The Balaban J connectivity index is 2.11. The Kier molecular flexibility index (Phi) is 5.53. The second-order valence-corrected chi connectivity index (χ2v) is 6.17. The summed E-state index contributed by atoms with van der Waals surface area (Å²) in [6.07, 6.45) is 0.430. The molecule has 2 aromatic carbocycles. The second-order valence-electron chi connectivity index (χ2n) is 4.45. The van der Waals surface area contributed by atoms with Crippen molar-refractivity contribution in [1.29, 1.82) is 0 Å². The summed E-state index contributed by atoms with van der Waals surface area (Å²) >= 11 is 7.15.